The van der Waals surface area contributed by atoms with Crippen LogP contribution in [0, 0.1) is 5.92 Å². The minimum atomic E-state index is -0.399. The van der Waals surface area contributed by atoms with E-state index in [9.17, 15) is 0 Å². The van der Waals surface area contributed by atoms with E-state index >= 15 is 0 Å². The molecule has 1 fully saturated rings. The SMILES string of the molecule is CCCCC[C@H]1C[C@@H](C(C)C)OC(C)(C)O1. The summed E-state index contributed by atoms with van der Waals surface area (Å²) in [6.45, 7) is 10.8. The third kappa shape index (κ3) is 4.42. The Labute approximate surface area is 101 Å². The van der Waals surface area contributed by atoms with Gasteiger partial charge in [0, 0.05) is 6.42 Å². The van der Waals surface area contributed by atoms with Gasteiger partial charge in [0.05, 0.1) is 12.2 Å². The van der Waals surface area contributed by atoms with Gasteiger partial charge in [-0.3, -0.25) is 0 Å². The van der Waals surface area contributed by atoms with Crippen molar-refractivity contribution in [3.63, 3.8) is 0 Å². The van der Waals surface area contributed by atoms with E-state index in [0.717, 1.165) is 6.42 Å². The van der Waals surface area contributed by atoms with Crippen LogP contribution in [-0.4, -0.2) is 18.0 Å². The first-order valence-corrected chi connectivity index (χ1v) is 6.80. The Bertz CT molecular complexity index is 199. The van der Waals surface area contributed by atoms with Gasteiger partial charge < -0.3 is 9.47 Å². The second-order valence-electron chi connectivity index (χ2n) is 5.77. The normalized spacial score (nSPS) is 29.6. The molecule has 1 aliphatic heterocycles. The number of hydrogen-bond acceptors (Lipinski definition) is 2. The maximum absolute atomic E-state index is 5.98. The molecule has 2 heteroatoms. The molecule has 1 aliphatic rings. The van der Waals surface area contributed by atoms with Crippen LogP contribution in [0.25, 0.3) is 0 Å². The first kappa shape index (κ1) is 14.0. The fourth-order valence-electron chi connectivity index (χ4n) is 2.36. The van der Waals surface area contributed by atoms with Gasteiger partial charge in [-0.1, -0.05) is 40.0 Å². The Morgan fingerprint density at radius 3 is 2.44 bits per heavy atom. The molecule has 0 aromatic carbocycles. The van der Waals surface area contributed by atoms with Gasteiger partial charge in [0.2, 0.25) is 0 Å². The van der Waals surface area contributed by atoms with Gasteiger partial charge in [0.25, 0.3) is 0 Å². The van der Waals surface area contributed by atoms with Crippen molar-refractivity contribution < 1.29 is 9.47 Å². The summed E-state index contributed by atoms with van der Waals surface area (Å²) in [6, 6.07) is 0. The minimum absolute atomic E-state index is 0.357. The van der Waals surface area contributed by atoms with Crippen LogP contribution in [0.1, 0.15) is 66.7 Å². The highest BCUT2D eigenvalue weighted by molar-refractivity contribution is 4.78. The standard InChI is InChI=1S/C14H28O2/c1-6-7-8-9-12-10-13(11(2)3)16-14(4,5)15-12/h11-13H,6-10H2,1-5H3/t12-,13-/m0/s1. The lowest BCUT2D eigenvalue weighted by atomic mass is 9.96. The van der Waals surface area contributed by atoms with E-state index in [-0.39, 0.29) is 0 Å². The van der Waals surface area contributed by atoms with Crippen LogP contribution in [0.3, 0.4) is 0 Å². The van der Waals surface area contributed by atoms with Crippen LogP contribution in [0.15, 0.2) is 0 Å². The monoisotopic (exact) mass is 228 g/mol. The molecule has 0 amide bonds. The Balaban J connectivity index is 2.45. The van der Waals surface area contributed by atoms with Gasteiger partial charge in [0.1, 0.15) is 0 Å². The molecule has 0 bridgehead atoms. The van der Waals surface area contributed by atoms with Crippen molar-refractivity contribution in [2.24, 2.45) is 5.92 Å². The molecule has 0 N–H and O–H groups in total. The van der Waals surface area contributed by atoms with Gasteiger partial charge in [0.15, 0.2) is 5.79 Å². The molecule has 0 unspecified atom stereocenters. The highest BCUT2D eigenvalue weighted by atomic mass is 16.7. The first-order valence-electron chi connectivity index (χ1n) is 6.80. The molecule has 1 saturated heterocycles. The van der Waals surface area contributed by atoms with Crippen LogP contribution in [0.5, 0.6) is 0 Å². The van der Waals surface area contributed by atoms with Crippen molar-refractivity contribution in [3.05, 3.63) is 0 Å². The quantitative estimate of drug-likeness (QED) is 0.659. The highest BCUT2D eigenvalue weighted by Gasteiger charge is 2.36. The predicted molar refractivity (Wildman–Crippen MR) is 67.4 cm³/mol. The summed E-state index contributed by atoms with van der Waals surface area (Å²) in [5, 5.41) is 0. The Morgan fingerprint density at radius 2 is 1.88 bits per heavy atom. The van der Waals surface area contributed by atoms with E-state index in [2.05, 4.69) is 20.8 Å². The summed E-state index contributed by atoms with van der Waals surface area (Å²) in [5.41, 5.74) is 0. The summed E-state index contributed by atoms with van der Waals surface area (Å²) in [7, 11) is 0. The van der Waals surface area contributed by atoms with Crippen LogP contribution < -0.4 is 0 Å². The third-order valence-electron chi connectivity index (χ3n) is 3.25. The van der Waals surface area contributed by atoms with Gasteiger partial charge in [-0.2, -0.15) is 0 Å². The summed E-state index contributed by atoms with van der Waals surface area (Å²) in [4.78, 5) is 0. The van der Waals surface area contributed by atoms with Crippen molar-refractivity contribution in [2.75, 3.05) is 0 Å². The largest absolute Gasteiger partial charge is 0.347 e. The molecule has 2 atom stereocenters. The Hall–Kier alpha value is -0.0800. The highest BCUT2D eigenvalue weighted by Crippen LogP contribution is 2.32. The number of rotatable bonds is 5. The summed E-state index contributed by atoms with van der Waals surface area (Å²) in [5.74, 6) is 0.182. The molecule has 1 heterocycles. The summed E-state index contributed by atoms with van der Waals surface area (Å²) < 4.78 is 11.9. The second kappa shape index (κ2) is 6.02. The summed E-state index contributed by atoms with van der Waals surface area (Å²) in [6.07, 6.45) is 6.86. The second-order valence-corrected chi connectivity index (χ2v) is 5.77. The van der Waals surface area contributed by atoms with E-state index in [0.29, 0.717) is 18.1 Å². The average Bonchev–Trinajstić information content (AvgIpc) is 2.15. The number of hydrogen-bond donors (Lipinski definition) is 0. The maximum Gasteiger partial charge on any atom is 0.163 e. The van der Waals surface area contributed by atoms with Crippen molar-refractivity contribution in [2.45, 2.75) is 84.7 Å². The number of ether oxygens (including phenoxy) is 2. The first-order chi connectivity index (χ1) is 7.44. The van der Waals surface area contributed by atoms with Crippen molar-refractivity contribution in [1.82, 2.24) is 0 Å². The zero-order valence-electron chi connectivity index (χ0n) is 11.6. The predicted octanol–water partition coefficient (Wildman–Crippen LogP) is 4.13. The molecule has 0 saturated carbocycles. The molecule has 1 rings (SSSR count). The van der Waals surface area contributed by atoms with Gasteiger partial charge in [-0.15, -0.1) is 0 Å². The number of unbranched alkanes of at least 4 members (excludes halogenated alkanes) is 2. The fraction of sp³-hybridized carbons (Fsp3) is 1.00. The molecule has 2 nitrogen and oxygen atoms in total. The van der Waals surface area contributed by atoms with Gasteiger partial charge >= 0.3 is 0 Å². The van der Waals surface area contributed by atoms with Gasteiger partial charge in [-0.25, -0.2) is 0 Å². The smallest absolute Gasteiger partial charge is 0.163 e. The molecule has 0 aromatic rings. The maximum atomic E-state index is 5.98. The van der Waals surface area contributed by atoms with Crippen molar-refractivity contribution in [1.29, 1.82) is 0 Å². The Morgan fingerprint density at radius 1 is 1.19 bits per heavy atom. The lowest BCUT2D eigenvalue weighted by Gasteiger charge is -2.42. The molecule has 0 radical (unpaired) electrons. The molecule has 16 heavy (non-hydrogen) atoms. The lowest BCUT2D eigenvalue weighted by molar-refractivity contribution is -0.307. The van der Waals surface area contributed by atoms with Crippen LogP contribution >= 0.6 is 0 Å². The van der Waals surface area contributed by atoms with Crippen molar-refractivity contribution >= 4 is 0 Å². The topological polar surface area (TPSA) is 18.5 Å². The van der Waals surface area contributed by atoms with E-state index in [1.54, 1.807) is 0 Å². The zero-order chi connectivity index (χ0) is 12.2. The van der Waals surface area contributed by atoms with E-state index < -0.39 is 5.79 Å². The van der Waals surface area contributed by atoms with Crippen LogP contribution in [-0.2, 0) is 9.47 Å². The molecular weight excluding hydrogens is 200 g/mol. The van der Waals surface area contributed by atoms with E-state index in [1.165, 1.54) is 25.7 Å². The zero-order valence-corrected chi connectivity index (χ0v) is 11.6. The molecule has 0 spiro atoms. The minimum Gasteiger partial charge on any atom is -0.347 e. The molecule has 96 valence electrons. The van der Waals surface area contributed by atoms with Gasteiger partial charge in [-0.05, 0) is 26.2 Å². The molecular formula is C14H28O2. The third-order valence-corrected chi connectivity index (χ3v) is 3.25. The lowest BCUT2D eigenvalue weighted by Crippen LogP contribution is -2.46. The van der Waals surface area contributed by atoms with Crippen LogP contribution in [0.2, 0.25) is 0 Å². The fourth-order valence-corrected chi connectivity index (χ4v) is 2.36. The van der Waals surface area contributed by atoms with E-state index in [1.807, 2.05) is 13.8 Å². The van der Waals surface area contributed by atoms with Crippen molar-refractivity contribution in [3.8, 4) is 0 Å². The van der Waals surface area contributed by atoms with Crippen LogP contribution in [0.4, 0.5) is 0 Å². The summed E-state index contributed by atoms with van der Waals surface area (Å²) >= 11 is 0. The van der Waals surface area contributed by atoms with E-state index in [4.69, 9.17) is 9.47 Å². The molecule has 0 aromatic heterocycles. The average molecular weight is 228 g/mol. The molecule has 0 aliphatic carbocycles. The Kier molecular flexibility index (Phi) is 5.26.